The molecule has 8 heteroatoms. The lowest BCUT2D eigenvalue weighted by molar-refractivity contribution is 0.101. The number of halogens is 1. The lowest BCUT2D eigenvalue weighted by atomic mass is 9.89. The minimum Gasteiger partial charge on any atom is -0.493 e. The van der Waals surface area contributed by atoms with Gasteiger partial charge in [-0.05, 0) is 60.2 Å². The third-order valence-corrected chi connectivity index (χ3v) is 7.06. The average molecular weight is 515 g/mol. The molecule has 0 N–H and O–H groups in total. The molecule has 1 unspecified atom stereocenters. The predicted molar refractivity (Wildman–Crippen MR) is 133 cm³/mol. The van der Waals surface area contributed by atoms with Gasteiger partial charge in [0.15, 0.2) is 11.4 Å². The van der Waals surface area contributed by atoms with Crippen molar-refractivity contribution in [3.05, 3.63) is 51.8 Å². The van der Waals surface area contributed by atoms with Gasteiger partial charge < -0.3 is 14.4 Å². The molecule has 0 radical (unpaired) electrons. The Balaban J connectivity index is 0.000000172. The lowest BCUT2D eigenvalue weighted by Gasteiger charge is -2.30. The van der Waals surface area contributed by atoms with Crippen molar-refractivity contribution in [2.75, 3.05) is 37.8 Å². The smallest absolute Gasteiger partial charge is 0.171 e. The Morgan fingerprint density at radius 2 is 1.97 bits per heavy atom. The number of ketones is 1. The molecule has 3 aromatic rings. The maximum atomic E-state index is 11.9. The van der Waals surface area contributed by atoms with E-state index in [1.165, 1.54) is 24.8 Å². The number of para-hydroxylation sites is 1. The molecule has 1 aromatic carbocycles. The van der Waals surface area contributed by atoms with Crippen LogP contribution in [-0.2, 0) is 4.74 Å². The number of fused-ring (bicyclic) bond motifs is 2. The molecule has 4 heterocycles. The Morgan fingerprint density at radius 1 is 1.21 bits per heavy atom. The van der Waals surface area contributed by atoms with Gasteiger partial charge in [0.2, 0.25) is 0 Å². The molecule has 1 fully saturated rings. The molecule has 0 aliphatic carbocycles. The van der Waals surface area contributed by atoms with Crippen molar-refractivity contribution >= 4 is 33.2 Å². The van der Waals surface area contributed by atoms with Crippen LogP contribution in [-0.4, -0.2) is 53.3 Å². The van der Waals surface area contributed by atoms with E-state index in [2.05, 4.69) is 56.0 Å². The van der Waals surface area contributed by atoms with Gasteiger partial charge in [0.05, 0.1) is 35.6 Å². The molecule has 0 spiro atoms. The van der Waals surface area contributed by atoms with Crippen molar-refractivity contribution in [1.29, 1.82) is 0 Å². The molecule has 33 heavy (non-hydrogen) atoms. The van der Waals surface area contributed by atoms with Crippen LogP contribution in [0.1, 0.15) is 60.6 Å². The Labute approximate surface area is 203 Å². The molecule has 2 aliphatic rings. The number of benzene rings is 1. The molecule has 0 bridgehead atoms. The van der Waals surface area contributed by atoms with E-state index in [1.807, 2.05) is 13.0 Å². The minimum atomic E-state index is -0.00910. The fourth-order valence-electron chi connectivity index (χ4n) is 4.44. The number of nitrogens with zero attached hydrogens (tertiary/aromatic N) is 4. The molecule has 1 atom stereocenters. The van der Waals surface area contributed by atoms with Crippen LogP contribution in [0.3, 0.4) is 0 Å². The van der Waals surface area contributed by atoms with Crippen LogP contribution >= 0.6 is 15.9 Å². The number of hydrogen-bond acceptors (Lipinski definition) is 6. The predicted octanol–water partition coefficient (Wildman–Crippen LogP) is 5.19. The number of carbonyl (C=O) groups excluding carboxylic acids is 1. The van der Waals surface area contributed by atoms with Gasteiger partial charge >= 0.3 is 0 Å². The molecular formula is C25H31BrN4O3. The van der Waals surface area contributed by atoms with E-state index in [1.54, 1.807) is 17.6 Å². The van der Waals surface area contributed by atoms with Crippen molar-refractivity contribution in [3.8, 4) is 5.75 Å². The summed E-state index contributed by atoms with van der Waals surface area (Å²) in [5.41, 5.74) is 3.59. The number of aryl methyl sites for hydroxylation is 1. The van der Waals surface area contributed by atoms with E-state index in [0.29, 0.717) is 18.8 Å². The first kappa shape index (κ1) is 23.7. The SMILES string of the molecule is CC(=O)c1cnc2c(Br)c(C)nn2c1N1CCOCC1.CCCC1CCOc2ccccc21. The fraction of sp³-hybridized carbons (Fsp3) is 0.480. The minimum absolute atomic E-state index is 0.00910. The van der Waals surface area contributed by atoms with Crippen molar-refractivity contribution in [2.45, 2.75) is 46.0 Å². The molecular weight excluding hydrogens is 484 g/mol. The van der Waals surface area contributed by atoms with Gasteiger partial charge in [-0.2, -0.15) is 9.61 Å². The molecule has 5 rings (SSSR count). The van der Waals surface area contributed by atoms with E-state index < -0.39 is 0 Å². The van der Waals surface area contributed by atoms with Crippen LogP contribution in [0.15, 0.2) is 34.9 Å². The Kier molecular flexibility index (Phi) is 7.65. The molecule has 2 aliphatic heterocycles. The van der Waals surface area contributed by atoms with Crippen LogP contribution < -0.4 is 9.64 Å². The van der Waals surface area contributed by atoms with Crippen LogP contribution in [0.25, 0.3) is 5.65 Å². The molecule has 0 amide bonds. The highest BCUT2D eigenvalue weighted by Crippen LogP contribution is 2.35. The summed E-state index contributed by atoms with van der Waals surface area (Å²) in [4.78, 5) is 18.4. The first-order valence-electron chi connectivity index (χ1n) is 11.6. The summed E-state index contributed by atoms with van der Waals surface area (Å²) >= 11 is 3.50. The standard InChI is InChI=1S/C13H15BrN4O2.C12H16O/c1-8-11(14)12-15-7-10(9(2)19)13(18(12)16-8)17-3-5-20-6-4-17;1-2-5-10-8-9-13-12-7-4-3-6-11(10)12/h7H,3-6H2,1-2H3;3-4,6-7,10H,2,5,8-9H2,1H3. The van der Waals surface area contributed by atoms with E-state index in [-0.39, 0.29) is 5.78 Å². The largest absolute Gasteiger partial charge is 0.493 e. The summed E-state index contributed by atoms with van der Waals surface area (Å²) in [6.45, 7) is 9.41. The zero-order valence-electron chi connectivity index (χ0n) is 19.5. The first-order valence-corrected chi connectivity index (χ1v) is 12.4. The Morgan fingerprint density at radius 3 is 2.70 bits per heavy atom. The number of aromatic nitrogens is 3. The van der Waals surface area contributed by atoms with Gasteiger partial charge in [0, 0.05) is 19.3 Å². The van der Waals surface area contributed by atoms with E-state index in [4.69, 9.17) is 9.47 Å². The number of rotatable bonds is 4. The summed E-state index contributed by atoms with van der Waals surface area (Å²) in [7, 11) is 0. The first-order chi connectivity index (χ1) is 16.0. The quantitative estimate of drug-likeness (QED) is 0.446. The molecule has 7 nitrogen and oxygen atoms in total. The van der Waals surface area contributed by atoms with Gasteiger partial charge in [-0.15, -0.1) is 0 Å². The van der Waals surface area contributed by atoms with Gasteiger partial charge in [0.1, 0.15) is 11.6 Å². The number of ether oxygens (including phenoxy) is 2. The fourth-order valence-corrected chi connectivity index (χ4v) is 4.79. The molecule has 176 valence electrons. The average Bonchev–Trinajstić information content (AvgIpc) is 3.13. The summed E-state index contributed by atoms with van der Waals surface area (Å²) in [6, 6.07) is 8.44. The maximum absolute atomic E-state index is 11.9. The molecule has 2 aromatic heterocycles. The summed E-state index contributed by atoms with van der Waals surface area (Å²) in [5, 5.41) is 4.50. The van der Waals surface area contributed by atoms with Crippen molar-refractivity contribution in [3.63, 3.8) is 0 Å². The van der Waals surface area contributed by atoms with Crippen LogP contribution in [0.2, 0.25) is 0 Å². The van der Waals surface area contributed by atoms with Crippen LogP contribution in [0, 0.1) is 6.92 Å². The summed E-state index contributed by atoms with van der Waals surface area (Å²) in [6.07, 6.45) is 5.37. The van der Waals surface area contributed by atoms with Crippen molar-refractivity contribution in [2.24, 2.45) is 0 Å². The summed E-state index contributed by atoms with van der Waals surface area (Å²) in [5.74, 6) is 2.63. The highest BCUT2D eigenvalue weighted by atomic mass is 79.9. The number of Topliss-reactive ketones (excluding diaryl/α,β-unsaturated/α-hetero) is 1. The second kappa shape index (κ2) is 10.7. The Hall–Kier alpha value is -2.45. The molecule has 0 saturated carbocycles. The highest BCUT2D eigenvalue weighted by Gasteiger charge is 2.23. The highest BCUT2D eigenvalue weighted by molar-refractivity contribution is 9.10. The van der Waals surface area contributed by atoms with Gasteiger partial charge in [-0.1, -0.05) is 31.5 Å². The molecule has 1 saturated heterocycles. The second-order valence-corrected chi connectivity index (χ2v) is 9.24. The van der Waals surface area contributed by atoms with Gasteiger partial charge in [0.25, 0.3) is 0 Å². The normalized spacial score (nSPS) is 17.7. The third-order valence-electron chi connectivity index (χ3n) is 6.13. The topological polar surface area (TPSA) is 69.0 Å². The van der Waals surface area contributed by atoms with Crippen molar-refractivity contribution < 1.29 is 14.3 Å². The van der Waals surface area contributed by atoms with Crippen LogP contribution in [0.5, 0.6) is 5.75 Å². The van der Waals surface area contributed by atoms with Crippen molar-refractivity contribution in [1.82, 2.24) is 14.6 Å². The van der Waals surface area contributed by atoms with Gasteiger partial charge in [-0.3, -0.25) is 4.79 Å². The number of morpholine rings is 1. The zero-order chi connectivity index (χ0) is 23.4. The number of hydrogen-bond donors (Lipinski definition) is 0. The van der Waals surface area contributed by atoms with E-state index in [0.717, 1.165) is 53.0 Å². The van der Waals surface area contributed by atoms with Gasteiger partial charge in [-0.25, -0.2) is 4.98 Å². The third kappa shape index (κ3) is 5.06. The Bertz CT molecular complexity index is 1120. The second-order valence-electron chi connectivity index (χ2n) is 8.45. The van der Waals surface area contributed by atoms with E-state index in [9.17, 15) is 4.79 Å². The number of carbonyl (C=O) groups is 1. The zero-order valence-corrected chi connectivity index (χ0v) is 21.1. The lowest BCUT2D eigenvalue weighted by Crippen LogP contribution is -2.38. The number of anilines is 1. The van der Waals surface area contributed by atoms with Crippen LogP contribution in [0.4, 0.5) is 5.82 Å². The maximum Gasteiger partial charge on any atom is 0.171 e. The van der Waals surface area contributed by atoms with E-state index >= 15 is 0 Å². The summed E-state index contributed by atoms with van der Waals surface area (Å²) < 4.78 is 13.6. The monoisotopic (exact) mass is 514 g/mol.